The van der Waals surface area contributed by atoms with Crippen LogP contribution in [-0.2, 0) is 18.4 Å². The summed E-state index contributed by atoms with van der Waals surface area (Å²) < 4.78 is 14.4. The van der Waals surface area contributed by atoms with Crippen molar-refractivity contribution in [1.82, 2.24) is 9.88 Å². The summed E-state index contributed by atoms with van der Waals surface area (Å²) in [6.45, 7) is 7.60. The maximum absolute atomic E-state index is 14.4. The standard InChI is InChI=1S/C21H24FN3O/c1-14-9-10-15-6-5-11-25(19(15)23-14)20(26)24-12-16-17(21(2,3)13-24)7-4-8-18(16)22/h4,7-10H,5-6,11-13H2,1-3H3. The van der Waals surface area contributed by atoms with Gasteiger partial charge in [-0.3, -0.25) is 4.90 Å². The molecule has 0 spiro atoms. The van der Waals surface area contributed by atoms with Crippen LogP contribution in [0, 0.1) is 12.7 Å². The molecule has 26 heavy (non-hydrogen) atoms. The van der Waals surface area contributed by atoms with Gasteiger partial charge in [-0.15, -0.1) is 0 Å². The molecule has 136 valence electrons. The topological polar surface area (TPSA) is 36.4 Å². The highest BCUT2D eigenvalue weighted by Crippen LogP contribution is 2.36. The van der Waals surface area contributed by atoms with Crippen LogP contribution in [0.15, 0.2) is 30.3 Å². The molecule has 0 saturated carbocycles. The second-order valence-corrected chi connectivity index (χ2v) is 7.98. The molecule has 4 rings (SSSR count). The molecule has 2 amide bonds. The molecule has 5 heteroatoms. The van der Waals surface area contributed by atoms with Gasteiger partial charge in [0.05, 0.1) is 6.54 Å². The van der Waals surface area contributed by atoms with Gasteiger partial charge in [0.1, 0.15) is 11.6 Å². The van der Waals surface area contributed by atoms with E-state index in [0.717, 1.165) is 35.5 Å². The van der Waals surface area contributed by atoms with E-state index >= 15 is 0 Å². The van der Waals surface area contributed by atoms with Gasteiger partial charge in [0.15, 0.2) is 0 Å². The molecule has 0 saturated heterocycles. The third kappa shape index (κ3) is 2.75. The first kappa shape index (κ1) is 17.0. The molecule has 0 N–H and O–H groups in total. The van der Waals surface area contributed by atoms with Gasteiger partial charge in [-0.1, -0.05) is 32.0 Å². The molecule has 1 aromatic heterocycles. The molecular weight excluding hydrogens is 329 g/mol. The van der Waals surface area contributed by atoms with E-state index in [1.165, 1.54) is 6.07 Å². The van der Waals surface area contributed by atoms with Crippen LogP contribution < -0.4 is 4.90 Å². The molecule has 2 aliphatic heterocycles. The van der Waals surface area contributed by atoms with Gasteiger partial charge in [0, 0.05) is 29.8 Å². The van der Waals surface area contributed by atoms with Gasteiger partial charge in [-0.25, -0.2) is 14.2 Å². The Morgan fingerprint density at radius 3 is 2.85 bits per heavy atom. The summed E-state index contributed by atoms with van der Waals surface area (Å²) in [4.78, 5) is 21.5. The first-order chi connectivity index (χ1) is 12.4. The number of anilines is 1. The first-order valence-corrected chi connectivity index (χ1v) is 9.18. The summed E-state index contributed by atoms with van der Waals surface area (Å²) in [6, 6.07) is 9.17. The SMILES string of the molecule is Cc1ccc2c(n1)N(C(=O)N1Cc3c(F)cccc3C(C)(C)C1)CCC2. The van der Waals surface area contributed by atoms with Gasteiger partial charge in [-0.2, -0.15) is 0 Å². The molecular formula is C21H24FN3O. The Hall–Kier alpha value is -2.43. The number of pyridine rings is 1. The van der Waals surface area contributed by atoms with Crippen LogP contribution in [0.3, 0.4) is 0 Å². The average Bonchev–Trinajstić information content (AvgIpc) is 2.61. The van der Waals surface area contributed by atoms with E-state index in [-0.39, 0.29) is 17.3 Å². The van der Waals surface area contributed by atoms with Gasteiger partial charge < -0.3 is 4.90 Å². The molecule has 2 aliphatic rings. The Labute approximate surface area is 153 Å². The van der Waals surface area contributed by atoms with E-state index in [4.69, 9.17) is 0 Å². The van der Waals surface area contributed by atoms with Crippen LogP contribution in [0.4, 0.5) is 15.0 Å². The average molecular weight is 353 g/mol. The number of halogens is 1. The summed E-state index contributed by atoms with van der Waals surface area (Å²) in [5.41, 5.74) is 3.35. The fraction of sp³-hybridized carbons (Fsp3) is 0.429. The summed E-state index contributed by atoms with van der Waals surface area (Å²) in [7, 11) is 0. The van der Waals surface area contributed by atoms with Crippen molar-refractivity contribution in [2.24, 2.45) is 0 Å². The number of urea groups is 1. The third-order valence-corrected chi connectivity index (χ3v) is 5.46. The number of hydrogen-bond donors (Lipinski definition) is 0. The van der Waals surface area contributed by atoms with Crippen molar-refractivity contribution in [2.75, 3.05) is 18.0 Å². The summed E-state index contributed by atoms with van der Waals surface area (Å²) in [5.74, 6) is 0.527. The zero-order valence-electron chi connectivity index (χ0n) is 15.6. The summed E-state index contributed by atoms with van der Waals surface area (Å²) in [5, 5.41) is 0. The number of amides is 2. The van der Waals surface area contributed by atoms with E-state index < -0.39 is 0 Å². The fourth-order valence-corrected chi connectivity index (χ4v) is 4.19. The minimum Gasteiger partial charge on any atom is -0.319 e. The number of hydrogen-bond acceptors (Lipinski definition) is 2. The number of rotatable bonds is 0. The van der Waals surface area contributed by atoms with Crippen molar-refractivity contribution < 1.29 is 9.18 Å². The predicted octanol–water partition coefficient (Wildman–Crippen LogP) is 4.20. The fourth-order valence-electron chi connectivity index (χ4n) is 4.19. The summed E-state index contributed by atoms with van der Waals surface area (Å²) >= 11 is 0. The van der Waals surface area contributed by atoms with E-state index in [1.807, 2.05) is 19.1 Å². The number of nitrogens with zero attached hydrogens (tertiary/aromatic N) is 3. The van der Waals surface area contributed by atoms with Gasteiger partial charge in [-0.05, 0) is 43.0 Å². The Balaban J connectivity index is 1.69. The van der Waals surface area contributed by atoms with Crippen LogP contribution in [0.5, 0.6) is 0 Å². The van der Waals surface area contributed by atoms with Crippen LogP contribution in [0.2, 0.25) is 0 Å². The maximum Gasteiger partial charge on any atom is 0.326 e. The van der Waals surface area contributed by atoms with E-state index in [2.05, 4.69) is 24.9 Å². The van der Waals surface area contributed by atoms with E-state index in [1.54, 1.807) is 15.9 Å². The quantitative estimate of drug-likeness (QED) is 0.712. The molecule has 0 unspecified atom stereocenters. The molecule has 4 nitrogen and oxygen atoms in total. The number of aryl methyl sites for hydroxylation is 2. The Kier molecular flexibility index (Phi) is 3.98. The second-order valence-electron chi connectivity index (χ2n) is 7.98. The van der Waals surface area contributed by atoms with Crippen LogP contribution in [0.1, 0.15) is 42.7 Å². The number of aromatic nitrogens is 1. The lowest BCUT2D eigenvalue weighted by molar-refractivity contribution is 0.178. The lowest BCUT2D eigenvalue weighted by atomic mass is 9.78. The van der Waals surface area contributed by atoms with Gasteiger partial charge in [0.2, 0.25) is 0 Å². The predicted molar refractivity (Wildman–Crippen MR) is 99.9 cm³/mol. The van der Waals surface area contributed by atoms with Crippen molar-refractivity contribution in [3.8, 4) is 0 Å². The molecule has 0 atom stereocenters. The maximum atomic E-state index is 14.4. The smallest absolute Gasteiger partial charge is 0.319 e. The zero-order valence-corrected chi connectivity index (χ0v) is 15.6. The van der Waals surface area contributed by atoms with Crippen molar-refractivity contribution in [3.63, 3.8) is 0 Å². The number of carbonyl (C=O) groups excluding carboxylic acids is 1. The van der Waals surface area contributed by atoms with Gasteiger partial charge >= 0.3 is 6.03 Å². The number of fused-ring (bicyclic) bond motifs is 2. The van der Waals surface area contributed by atoms with Crippen molar-refractivity contribution >= 4 is 11.8 Å². The molecule has 0 bridgehead atoms. The Bertz CT molecular complexity index is 878. The molecule has 0 fully saturated rings. The Morgan fingerprint density at radius 1 is 1.23 bits per heavy atom. The minimum atomic E-state index is -0.288. The third-order valence-electron chi connectivity index (χ3n) is 5.46. The molecule has 0 aliphatic carbocycles. The number of carbonyl (C=O) groups is 1. The van der Waals surface area contributed by atoms with Crippen LogP contribution >= 0.6 is 0 Å². The molecule has 2 aromatic rings. The van der Waals surface area contributed by atoms with Crippen molar-refractivity contribution in [1.29, 1.82) is 0 Å². The monoisotopic (exact) mass is 353 g/mol. The second kappa shape index (κ2) is 6.08. The normalized spacial score (nSPS) is 18.3. The van der Waals surface area contributed by atoms with Crippen LogP contribution in [0.25, 0.3) is 0 Å². The van der Waals surface area contributed by atoms with Crippen molar-refractivity contribution in [3.05, 3.63) is 58.5 Å². The van der Waals surface area contributed by atoms with E-state index in [0.29, 0.717) is 25.2 Å². The minimum absolute atomic E-state index is 0.0778. The van der Waals surface area contributed by atoms with Crippen molar-refractivity contribution in [2.45, 2.75) is 45.6 Å². The van der Waals surface area contributed by atoms with Crippen LogP contribution in [-0.4, -0.2) is 29.0 Å². The lowest BCUT2D eigenvalue weighted by Crippen LogP contribution is -2.52. The molecule has 3 heterocycles. The summed E-state index contributed by atoms with van der Waals surface area (Å²) in [6.07, 6.45) is 1.86. The number of benzene rings is 1. The van der Waals surface area contributed by atoms with E-state index in [9.17, 15) is 9.18 Å². The lowest BCUT2D eigenvalue weighted by Gasteiger charge is -2.42. The highest BCUT2D eigenvalue weighted by Gasteiger charge is 2.38. The molecule has 0 radical (unpaired) electrons. The zero-order chi connectivity index (χ0) is 18.5. The Morgan fingerprint density at radius 2 is 2.04 bits per heavy atom. The highest BCUT2D eigenvalue weighted by molar-refractivity contribution is 5.92. The largest absolute Gasteiger partial charge is 0.326 e. The molecule has 1 aromatic carbocycles. The van der Waals surface area contributed by atoms with Gasteiger partial charge in [0.25, 0.3) is 0 Å². The highest BCUT2D eigenvalue weighted by atomic mass is 19.1. The first-order valence-electron chi connectivity index (χ1n) is 9.18.